The molecule has 0 spiro atoms. The van der Waals surface area contributed by atoms with Crippen molar-refractivity contribution in [2.45, 2.75) is 82.0 Å². The van der Waals surface area contributed by atoms with Gasteiger partial charge in [-0.15, -0.1) is 0 Å². The molecular weight excluding hydrogens is 328 g/mol. The minimum atomic E-state index is -0.860. The van der Waals surface area contributed by atoms with Gasteiger partial charge < -0.3 is 14.6 Å². The number of aliphatic hydroxyl groups is 1. The molecule has 1 N–H and O–H groups in total. The lowest BCUT2D eigenvalue weighted by Gasteiger charge is -2.44. The van der Waals surface area contributed by atoms with E-state index in [9.17, 15) is 9.90 Å². The first-order valence-electron chi connectivity index (χ1n) is 10.3. The maximum atomic E-state index is 13.0. The summed E-state index contributed by atoms with van der Waals surface area (Å²) in [7, 11) is 1.94. The molecule has 144 valence electrons. The van der Waals surface area contributed by atoms with Crippen LogP contribution >= 0.6 is 0 Å². The van der Waals surface area contributed by atoms with E-state index >= 15 is 0 Å². The predicted octanol–water partition coefficient (Wildman–Crippen LogP) is 2.03. The van der Waals surface area contributed by atoms with Gasteiger partial charge in [0.1, 0.15) is 11.4 Å². The van der Waals surface area contributed by atoms with Crippen LogP contribution in [0.2, 0.25) is 0 Å². The Balaban J connectivity index is 1.45. The van der Waals surface area contributed by atoms with Gasteiger partial charge >= 0.3 is 0 Å². The highest BCUT2D eigenvalue weighted by atomic mass is 16.3. The molecular formula is C20H32N4O2. The van der Waals surface area contributed by atoms with Crippen LogP contribution in [0, 0.1) is 0 Å². The fourth-order valence-corrected chi connectivity index (χ4v) is 5.57. The van der Waals surface area contributed by atoms with Gasteiger partial charge in [0.05, 0.1) is 6.54 Å². The highest BCUT2D eigenvalue weighted by Gasteiger charge is 2.50. The Morgan fingerprint density at radius 1 is 1.27 bits per heavy atom. The van der Waals surface area contributed by atoms with Crippen molar-refractivity contribution in [1.29, 1.82) is 0 Å². The standard InChI is InChI=1S/C20H32N4O2/c1-3-15-6-4-5-10-23(15)18(25)14-24-16-7-8-17(24)13-20(26,12-16)19-21-9-11-22(19)2/h9,11,15-17,26H,3-8,10,12-14H2,1-2H3/t15-,16-,17-/m0/s1. The smallest absolute Gasteiger partial charge is 0.237 e. The number of rotatable bonds is 4. The van der Waals surface area contributed by atoms with E-state index in [1.54, 1.807) is 6.20 Å². The highest BCUT2D eigenvalue weighted by molar-refractivity contribution is 5.79. The minimum Gasteiger partial charge on any atom is -0.382 e. The van der Waals surface area contributed by atoms with Crippen molar-refractivity contribution in [3.05, 3.63) is 18.2 Å². The SMILES string of the molecule is CC[C@H]1CCCCN1C(=O)CN1[C@H]2CC[C@H]1CC(O)(c1nccn1C)C2. The summed E-state index contributed by atoms with van der Waals surface area (Å²) in [5, 5.41) is 11.3. The molecule has 0 unspecified atom stereocenters. The van der Waals surface area contributed by atoms with E-state index in [1.807, 2.05) is 17.8 Å². The number of carbonyl (C=O) groups is 1. The molecule has 0 aliphatic carbocycles. The first-order chi connectivity index (χ1) is 12.5. The molecule has 1 aromatic heterocycles. The lowest BCUT2D eigenvalue weighted by Crippen LogP contribution is -2.55. The second-order valence-electron chi connectivity index (χ2n) is 8.50. The lowest BCUT2D eigenvalue weighted by molar-refractivity contribution is -0.139. The molecule has 6 heteroatoms. The molecule has 26 heavy (non-hydrogen) atoms. The topological polar surface area (TPSA) is 61.6 Å². The van der Waals surface area contributed by atoms with Gasteiger partial charge in [-0.05, 0) is 51.4 Å². The van der Waals surface area contributed by atoms with Crippen LogP contribution in [0.25, 0.3) is 0 Å². The highest BCUT2D eigenvalue weighted by Crippen LogP contribution is 2.45. The number of piperidine rings is 2. The number of hydrogen-bond acceptors (Lipinski definition) is 4. The van der Waals surface area contributed by atoms with E-state index in [-0.39, 0.29) is 18.0 Å². The van der Waals surface area contributed by atoms with E-state index < -0.39 is 5.60 Å². The van der Waals surface area contributed by atoms with Crippen LogP contribution < -0.4 is 0 Å². The quantitative estimate of drug-likeness (QED) is 0.892. The number of imidazole rings is 1. The van der Waals surface area contributed by atoms with Gasteiger partial charge in [-0.25, -0.2) is 4.98 Å². The minimum absolute atomic E-state index is 0.282. The van der Waals surface area contributed by atoms with Crippen LogP contribution in [-0.2, 0) is 17.4 Å². The van der Waals surface area contributed by atoms with Crippen molar-refractivity contribution in [1.82, 2.24) is 19.4 Å². The number of fused-ring (bicyclic) bond motifs is 2. The molecule has 0 aromatic carbocycles. The number of nitrogens with zero attached hydrogens (tertiary/aromatic N) is 4. The van der Waals surface area contributed by atoms with Crippen molar-refractivity contribution >= 4 is 5.91 Å². The molecule has 3 fully saturated rings. The normalized spacial score (nSPS) is 35.0. The number of aryl methyl sites for hydroxylation is 1. The van der Waals surface area contributed by atoms with E-state index in [0.717, 1.165) is 44.5 Å². The van der Waals surface area contributed by atoms with Crippen LogP contribution in [0.1, 0.15) is 64.1 Å². The van der Waals surface area contributed by atoms with Crippen molar-refractivity contribution in [3.63, 3.8) is 0 Å². The molecule has 3 aliphatic rings. The second-order valence-corrected chi connectivity index (χ2v) is 8.50. The van der Waals surface area contributed by atoms with Crippen molar-refractivity contribution < 1.29 is 9.90 Å². The summed E-state index contributed by atoms with van der Waals surface area (Å²) in [4.78, 5) is 21.9. The summed E-state index contributed by atoms with van der Waals surface area (Å²) < 4.78 is 1.93. The molecule has 4 heterocycles. The Kier molecular flexibility index (Phi) is 4.82. The van der Waals surface area contributed by atoms with Crippen LogP contribution in [0.3, 0.4) is 0 Å². The van der Waals surface area contributed by atoms with Crippen molar-refractivity contribution in [3.8, 4) is 0 Å². The maximum absolute atomic E-state index is 13.0. The molecule has 4 rings (SSSR count). The first kappa shape index (κ1) is 18.0. The third-order valence-corrected chi connectivity index (χ3v) is 6.89. The van der Waals surface area contributed by atoms with E-state index in [2.05, 4.69) is 21.7 Å². The zero-order chi connectivity index (χ0) is 18.3. The zero-order valence-electron chi connectivity index (χ0n) is 16.1. The second kappa shape index (κ2) is 6.97. The first-order valence-corrected chi connectivity index (χ1v) is 10.3. The lowest BCUT2D eigenvalue weighted by atomic mass is 9.85. The Morgan fingerprint density at radius 2 is 2.00 bits per heavy atom. The summed E-state index contributed by atoms with van der Waals surface area (Å²) in [6.45, 7) is 3.62. The number of amides is 1. The largest absolute Gasteiger partial charge is 0.382 e. The van der Waals surface area contributed by atoms with Crippen LogP contribution in [-0.4, -0.2) is 61.6 Å². The monoisotopic (exact) mass is 360 g/mol. The molecule has 0 radical (unpaired) electrons. The summed E-state index contributed by atoms with van der Waals surface area (Å²) in [5.74, 6) is 1.05. The van der Waals surface area contributed by atoms with Crippen LogP contribution in [0.4, 0.5) is 0 Å². The summed E-state index contributed by atoms with van der Waals surface area (Å²) in [6.07, 6.45) is 11.7. The van der Waals surface area contributed by atoms with E-state index in [0.29, 0.717) is 25.4 Å². The molecule has 0 saturated carbocycles. The number of aromatic nitrogens is 2. The van der Waals surface area contributed by atoms with Gasteiger partial charge in [-0.2, -0.15) is 0 Å². The molecule has 1 aromatic rings. The van der Waals surface area contributed by atoms with Crippen LogP contribution in [0.15, 0.2) is 12.4 Å². The molecule has 6 nitrogen and oxygen atoms in total. The van der Waals surface area contributed by atoms with Gasteiger partial charge in [0, 0.05) is 44.1 Å². The Bertz CT molecular complexity index is 644. The van der Waals surface area contributed by atoms with Crippen molar-refractivity contribution in [2.24, 2.45) is 7.05 Å². The van der Waals surface area contributed by atoms with E-state index in [4.69, 9.17) is 0 Å². The third-order valence-electron chi connectivity index (χ3n) is 6.89. The third kappa shape index (κ3) is 3.07. The van der Waals surface area contributed by atoms with Gasteiger partial charge in [0.15, 0.2) is 0 Å². The number of likely N-dealkylation sites (tertiary alicyclic amines) is 1. The molecule has 1 amide bonds. The van der Waals surface area contributed by atoms with Crippen molar-refractivity contribution in [2.75, 3.05) is 13.1 Å². The Morgan fingerprint density at radius 3 is 2.62 bits per heavy atom. The fraction of sp³-hybridized carbons (Fsp3) is 0.800. The van der Waals surface area contributed by atoms with E-state index in [1.165, 1.54) is 6.42 Å². The average Bonchev–Trinajstić information content (AvgIpc) is 3.17. The molecule has 2 bridgehead atoms. The van der Waals surface area contributed by atoms with Gasteiger partial charge in [-0.1, -0.05) is 6.92 Å². The molecule has 3 atom stereocenters. The molecule has 3 aliphatic heterocycles. The Hall–Kier alpha value is -1.40. The van der Waals surface area contributed by atoms with Gasteiger partial charge in [-0.3, -0.25) is 9.69 Å². The molecule has 3 saturated heterocycles. The predicted molar refractivity (Wildman–Crippen MR) is 99.5 cm³/mol. The fourth-order valence-electron chi connectivity index (χ4n) is 5.57. The zero-order valence-corrected chi connectivity index (χ0v) is 16.1. The summed E-state index contributed by atoms with van der Waals surface area (Å²) in [5.41, 5.74) is -0.860. The average molecular weight is 361 g/mol. The van der Waals surface area contributed by atoms with Gasteiger partial charge in [0.25, 0.3) is 0 Å². The maximum Gasteiger partial charge on any atom is 0.237 e. The van der Waals surface area contributed by atoms with Crippen LogP contribution in [0.5, 0.6) is 0 Å². The Labute approximate surface area is 156 Å². The number of hydrogen-bond donors (Lipinski definition) is 1. The summed E-state index contributed by atoms with van der Waals surface area (Å²) in [6, 6.07) is 0.983. The van der Waals surface area contributed by atoms with Gasteiger partial charge in [0.2, 0.25) is 5.91 Å². The summed E-state index contributed by atoms with van der Waals surface area (Å²) >= 11 is 0. The number of carbonyl (C=O) groups excluding carboxylic acids is 1.